The second kappa shape index (κ2) is 5.38. The van der Waals surface area contributed by atoms with Crippen LogP contribution in [0, 0.1) is 6.92 Å². The minimum Gasteiger partial charge on any atom is -0.461 e. The quantitative estimate of drug-likeness (QED) is 0.899. The van der Waals surface area contributed by atoms with Crippen LogP contribution in [0.1, 0.15) is 28.8 Å². The van der Waals surface area contributed by atoms with Crippen molar-refractivity contribution in [3.8, 4) is 0 Å². The molecule has 0 spiro atoms. The molecule has 0 aliphatic heterocycles. The maximum Gasteiger partial charge on any atom is 0.137 e. The topological polar surface area (TPSA) is 36.6 Å². The van der Waals surface area contributed by atoms with Crippen molar-refractivity contribution in [2.24, 2.45) is 0 Å². The van der Waals surface area contributed by atoms with E-state index < -0.39 is 6.10 Å². The number of benzene rings is 1. The van der Waals surface area contributed by atoms with Crippen molar-refractivity contribution < 1.29 is 9.52 Å². The lowest BCUT2D eigenvalue weighted by Gasteiger charge is -2.09. The molecule has 0 aliphatic carbocycles. The van der Waals surface area contributed by atoms with Gasteiger partial charge in [-0.2, -0.15) is 0 Å². The van der Waals surface area contributed by atoms with E-state index in [2.05, 4.69) is 0 Å². The molecule has 2 aromatic rings. The Labute approximate surface area is 108 Å². The molecule has 96 valence electrons. The SMILES string of the molecule is Cc1cc(C(O)c2ccccc2)oc1CN(C)C. The van der Waals surface area contributed by atoms with Crippen LogP contribution in [-0.2, 0) is 6.54 Å². The Morgan fingerprint density at radius 3 is 2.50 bits per heavy atom. The predicted molar refractivity (Wildman–Crippen MR) is 71.3 cm³/mol. The first kappa shape index (κ1) is 12.9. The average molecular weight is 245 g/mol. The first-order valence-corrected chi connectivity index (χ1v) is 6.05. The summed E-state index contributed by atoms with van der Waals surface area (Å²) in [6, 6.07) is 11.5. The lowest BCUT2D eigenvalue weighted by Crippen LogP contribution is -2.10. The van der Waals surface area contributed by atoms with Crippen molar-refractivity contribution in [2.45, 2.75) is 19.6 Å². The average Bonchev–Trinajstić information content (AvgIpc) is 2.70. The van der Waals surface area contributed by atoms with Crippen LogP contribution in [0.3, 0.4) is 0 Å². The van der Waals surface area contributed by atoms with Gasteiger partial charge in [-0.05, 0) is 38.2 Å². The van der Waals surface area contributed by atoms with E-state index in [1.807, 2.05) is 62.3 Å². The fourth-order valence-electron chi connectivity index (χ4n) is 1.92. The van der Waals surface area contributed by atoms with Gasteiger partial charge in [-0.3, -0.25) is 0 Å². The van der Waals surface area contributed by atoms with Crippen molar-refractivity contribution in [3.05, 3.63) is 59.0 Å². The van der Waals surface area contributed by atoms with Crippen molar-refractivity contribution in [3.63, 3.8) is 0 Å². The molecule has 0 radical (unpaired) electrons. The van der Waals surface area contributed by atoms with Crippen LogP contribution in [0.15, 0.2) is 40.8 Å². The lowest BCUT2D eigenvalue weighted by molar-refractivity contribution is 0.184. The summed E-state index contributed by atoms with van der Waals surface area (Å²) in [6.45, 7) is 2.75. The largest absolute Gasteiger partial charge is 0.461 e. The summed E-state index contributed by atoms with van der Waals surface area (Å²) in [5, 5.41) is 10.3. The van der Waals surface area contributed by atoms with Gasteiger partial charge in [0.25, 0.3) is 0 Å². The molecule has 0 aliphatic rings. The maximum absolute atomic E-state index is 10.3. The van der Waals surface area contributed by atoms with Crippen LogP contribution in [-0.4, -0.2) is 24.1 Å². The molecule has 1 unspecified atom stereocenters. The predicted octanol–water partition coefficient (Wildman–Crippen LogP) is 2.73. The van der Waals surface area contributed by atoms with E-state index in [1.165, 1.54) is 0 Å². The van der Waals surface area contributed by atoms with Gasteiger partial charge in [0.15, 0.2) is 0 Å². The Kier molecular flexibility index (Phi) is 3.84. The van der Waals surface area contributed by atoms with E-state index in [-0.39, 0.29) is 0 Å². The highest BCUT2D eigenvalue weighted by Crippen LogP contribution is 2.26. The number of hydrogen-bond donors (Lipinski definition) is 1. The van der Waals surface area contributed by atoms with Gasteiger partial charge in [-0.15, -0.1) is 0 Å². The second-order valence-corrected chi connectivity index (χ2v) is 4.81. The third-order valence-corrected chi connectivity index (χ3v) is 2.88. The van der Waals surface area contributed by atoms with Crippen molar-refractivity contribution in [1.82, 2.24) is 4.90 Å². The van der Waals surface area contributed by atoms with E-state index in [4.69, 9.17) is 4.42 Å². The summed E-state index contributed by atoms with van der Waals surface area (Å²) in [4.78, 5) is 2.05. The molecule has 1 atom stereocenters. The minimum atomic E-state index is -0.694. The Hall–Kier alpha value is -1.58. The summed E-state index contributed by atoms with van der Waals surface area (Å²) < 4.78 is 5.75. The fourth-order valence-corrected chi connectivity index (χ4v) is 1.92. The minimum absolute atomic E-state index is 0.607. The molecular weight excluding hydrogens is 226 g/mol. The van der Waals surface area contributed by atoms with Crippen molar-refractivity contribution >= 4 is 0 Å². The van der Waals surface area contributed by atoms with Crippen LogP contribution in [0.5, 0.6) is 0 Å². The summed E-state index contributed by atoms with van der Waals surface area (Å²) in [5.41, 5.74) is 1.93. The van der Waals surface area contributed by atoms with Gasteiger partial charge in [-0.1, -0.05) is 30.3 Å². The number of nitrogens with zero attached hydrogens (tertiary/aromatic N) is 1. The highest BCUT2D eigenvalue weighted by Gasteiger charge is 2.17. The Bertz CT molecular complexity index is 502. The van der Waals surface area contributed by atoms with Crippen LogP contribution in [0.2, 0.25) is 0 Å². The highest BCUT2D eigenvalue weighted by atomic mass is 16.4. The molecule has 0 saturated heterocycles. The van der Waals surface area contributed by atoms with E-state index in [9.17, 15) is 5.11 Å². The molecule has 1 heterocycles. The monoisotopic (exact) mass is 245 g/mol. The highest BCUT2D eigenvalue weighted by molar-refractivity contribution is 5.28. The number of aliphatic hydroxyl groups excluding tert-OH is 1. The molecule has 0 amide bonds. The summed E-state index contributed by atoms with van der Waals surface area (Å²) in [7, 11) is 3.99. The molecule has 0 bridgehead atoms. The summed E-state index contributed by atoms with van der Waals surface area (Å²) >= 11 is 0. The molecule has 2 rings (SSSR count). The van der Waals surface area contributed by atoms with Gasteiger partial charge >= 0.3 is 0 Å². The molecule has 1 aromatic heterocycles. The zero-order valence-electron chi connectivity index (χ0n) is 11.1. The van der Waals surface area contributed by atoms with Gasteiger partial charge in [0, 0.05) is 0 Å². The number of furan rings is 1. The Morgan fingerprint density at radius 1 is 1.22 bits per heavy atom. The molecule has 18 heavy (non-hydrogen) atoms. The van der Waals surface area contributed by atoms with Gasteiger partial charge < -0.3 is 14.4 Å². The Morgan fingerprint density at radius 2 is 1.89 bits per heavy atom. The van der Waals surface area contributed by atoms with Crippen molar-refractivity contribution in [1.29, 1.82) is 0 Å². The van der Waals surface area contributed by atoms with Crippen LogP contribution >= 0.6 is 0 Å². The number of hydrogen-bond acceptors (Lipinski definition) is 3. The maximum atomic E-state index is 10.3. The van der Waals surface area contributed by atoms with Crippen LogP contribution < -0.4 is 0 Å². The first-order valence-electron chi connectivity index (χ1n) is 6.05. The third-order valence-electron chi connectivity index (χ3n) is 2.88. The van der Waals surface area contributed by atoms with E-state index >= 15 is 0 Å². The summed E-state index contributed by atoms with van der Waals surface area (Å²) in [5.74, 6) is 1.51. The molecule has 3 nitrogen and oxygen atoms in total. The number of rotatable bonds is 4. The standard InChI is InChI=1S/C15H19NO2/c1-11-9-13(18-14(11)10-16(2)3)15(17)12-7-5-4-6-8-12/h4-9,15,17H,10H2,1-3H3. The van der Waals surface area contributed by atoms with E-state index in [0.29, 0.717) is 5.76 Å². The van der Waals surface area contributed by atoms with Gasteiger partial charge in [0.1, 0.15) is 17.6 Å². The third kappa shape index (κ3) is 2.81. The van der Waals surface area contributed by atoms with Crippen LogP contribution in [0.25, 0.3) is 0 Å². The fraction of sp³-hybridized carbons (Fsp3) is 0.333. The molecular formula is C15H19NO2. The zero-order valence-corrected chi connectivity index (χ0v) is 11.1. The molecule has 0 saturated carbocycles. The van der Waals surface area contributed by atoms with Crippen molar-refractivity contribution in [2.75, 3.05) is 14.1 Å². The molecule has 3 heteroatoms. The van der Waals surface area contributed by atoms with Gasteiger partial charge in [-0.25, -0.2) is 0 Å². The normalized spacial score (nSPS) is 12.9. The molecule has 1 aromatic carbocycles. The first-order chi connectivity index (χ1) is 8.58. The smallest absolute Gasteiger partial charge is 0.137 e. The second-order valence-electron chi connectivity index (χ2n) is 4.81. The molecule has 1 N–H and O–H groups in total. The molecule has 0 fully saturated rings. The lowest BCUT2D eigenvalue weighted by atomic mass is 10.1. The van der Waals surface area contributed by atoms with Gasteiger partial charge in [0.2, 0.25) is 0 Å². The number of aryl methyl sites for hydroxylation is 1. The van der Waals surface area contributed by atoms with E-state index in [0.717, 1.165) is 23.4 Å². The van der Waals surface area contributed by atoms with E-state index in [1.54, 1.807) is 0 Å². The number of aliphatic hydroxyl groups is 1. The zero-order chi connectivity index (χ0) is 13.1. The summed E-state index contributed by atoms with van der Waals surface area (Å²) in [6.07, 6.45) is -0.694. The van der Waals surface area contributed by atoms with Crippen LogP contribution in [0.4, 0.5) is 0 Å². The van der Waals surface area contributed by atoms with Gasteiger partial charge in [0.05, 0.1) is 6.54 Å². The Balaban J connectivity index is 2.24.